The Labute approximate surface area is 123 Å². The summed E-state index contributed by atoms with van der Waals surface area (Å²) >= 11 is 0. The van der Waals surface area contributed by atoms with Gasteiger partial charge in [0.15, 0.2) is 0 Å². The van der Waals surface area contributed by atoms with Gasteiger partial charge >= 0.3 is 0 Å². The Hall–Kier alpha value is -1.12. The number of ether oxygens (including phenoxy) is 1. The van der Waals surface area contributed by atoms with Crippen molar-refractivity contribution in [3.63, 3.8) is 0 Å². The zero-order valence-electron chi connectivity index (χ0n) is 13.0. The maximum Gasteiger partial charge on any atom is 0.109 e. The van der Waals surface area contributed by atoms with Crippen LogP contribution in [-0.2, 0) is 4.74 Å². The Balaban J connectivity index is 3.02. The van der Waals surface area contributed by atoms with Crippen LogP contribution in [-0.4, -0.2) is 18.3 Å². The number of aliphatic hydroxyl groups is 1. The molecule has 0 aliphatic heterocycles. The molecule has 1 unspecified atom stereocenters. The molecule has 0 bridgehead atoms. The Morgan fingerprint density at radius 2 is 1.95 bits per heavy atom. The van der Waals surface area contributed by atoms with Crippen LogP contribution in [0.1, 0.15) is 51.2 Å². The van der Waals surface area contributed by atoms with Crippen molar-refractivity contribution in [3.8, 4) is 0 Å². The monoisotopic (exact) mass is 276 g/mol. The number of methoxy groups -OCH3 is 1. The van der Waals surface area contributed by atoms with Crippen LogP contribution in [0.3, 0.4) is 0 Å². The summed E-state index contributed by atoms with van der Waals surface area (Å²) in [5.41, 5.74) is 0.727. The van der Waals surface area contributed by atoms with Crippen molar-refractivity contribution < 1.29 is 9.84 Å². The summed E-state index contributed by atoms with van der Waals surface area (Å²) in [5, 5.41) is 10.9. The zero-order chi connectivity index (χ0) is 15.0. The highest BCUT2D eigenvalue weighted by molar-refractivity contribution is 5.20. The maximum atomic E-state index is 10.9. The van der Waals surface area contributed by atoms with Crippen LogP contribution in [0, 0.1) is 5.41 Å². The second kappa shape index (κ2) is 8.23. The first-order valence-electron chi connectivity index (χ1n) is 7.54. The fraction of sp³-hybridized carbons (Fsp3) is 0.556. The molecule has 0 saturated carbocycles. The third kappa shape index (κ3) is 3.71. The van der Waals surface area contributed by atoms with Gasteiger partial charge in [-0.1, -0.05) is 63.1 Å². The summed E-state index contributed by atoms with van der Waals surface area (Å²) in [4.78, 5) is 0. The molecule has 0 aromatic heterocycles. The number of benzene rings is 1. The average molecular weight is 276 g/mol. The largest absolute Gasteiger partial charge is 0.389 e. The number of rotatable bonds is 9. The van der Waals surface area contributed by atoms with Gasteiger partial charge in [0, 0.05) is 12.5 Å². The van der Waals surface area contributed by atoms with Gasteiger partial charge in [-0.2, -0.15) is 0 Å². The Morgan fingerprint density at radius 3 is 2.40 bits per heavy atom. The zero-order valence-corrected chi connectivity index (χ0v) is 13.0. The minimum atomic E-state index is -0.580. The molecule has 0 heterocycles. The first-order chi connectivity index (χ1) is 9.65. The standard InChI is InChI=1S/C18H28O2/c1-5-8-14-18(6-2,7-3)17(19)16(20-4)15-12-10-9-11-13-15/h6,9-13,16-17,19H,2,5,7-8,14H2,1,3-4H3/t16-,17?,18-/m0/s1. The second-order valence-electron chi connectivity index (χ2n) is 5.41. The molecular formula is C18H28O2. The predicted octanol–water partition coefficient (Wildman–Crippen LogP) is 4.51. The Morgan fingerprint density at radius 1 is 1.30 bits per heavy atom. The summed E-state index contributed by atoms with van der Waals surface area (Å²) in [7, 11) is 1.66. The minimum absolute atomic E-state index is 0.285. The molecule has 0 fully saturated rings. The van der Waals surface area contributed by atoms with Crippen molar-refractivity contribution in [1.82, 2.24) is 0 Å². The van der Waals surface area contributed by atoms with Gasteiger partial charge in [0.25, 0.3) is 0 Å². The number of aliphatic hydroxyl groups excluding tert-OH is 1. The van der Waals surface area contributed by atoms with E-state index in [0.717, 1.165) is 31.2 Å². The highest BCUT2D eigenvalue weighted by Crippen LogP contribution is 2.40. The summed E-state index contributed by atoms with van der Waals surface area (Å²) in [5.74, 6) is 0. The molecule has 0 radical (unpaired) electrons. The average Bonchev–Trinajstić information content (AvgIpc) is 2.51. The second-order valence-corrected chi connectivity index (χ2v) is 5.41. The van der Waals surface area contributed by atoms with Crippen molar-refractivity contribution in [2.24, 2.45) is 5.41 Å². The first kappa shape index (κ1) is 16.9. The Kier molecular flexibility index (Phi) is 6.97. The summed E-state index contributed by atoms with van der Waals surface area (Å²) in [6.45, 7) is 8.25. The lowest BCUT2D eigenvalue weighted by Crippen LogP contribution is -2.38. The van der Waals surface area contributed by atoms with E-state index in [4.69, 9.17) is 4.74 Å². The van der Waals surface area contributed by atoms with Crippen molar-refractivity contribution in [2.45, 2.75) is 51.7 Å². The number of hydrogen-bond donors (Lipinski definition) is 1. The van der Waals surface area contributed by atoms with Crippen LogP contribution in [0.5, 0.6) is 0 Å². The fourth-order valence-corrected chi connectivity index (χ4v) is 2.80. The van der Waals surface area contributed by atoms with Crippen LogP contribution < -0.4 is 0 Å². The molecule has 3 atom stereocenters. The molecule has 0 spiro atoms. The fourth-order valence-electron chi connectivity index (χ4n) is 2.80. The SMILES string of the molecule is C=C[C@](CC)(CCCC)C(O)[C@@H](OC)c1ccccc1. The molecule has 1 N–H and O–H groups in total. The topological polar surface area (TPSA) is 29.5 Å². The van der Waals surface area contributed by atoms with Crippen molar-refractivity contribution >= 4 is 0 Å². The molecule has 112 valence electrons. The van der Waals surface area contributed by atoms with Crippen molar-refractivity contribution in [1.29, 1.82) is 0 Å². The minimum Gasteiger partial charge on any atom is -0.389 e. The van der Waals surface area contributed by atoms with E-state index < -0.39 is 6.10 Å². The van der Waals surface area contributed by atoms with Crippen LogP contribution in [0.4, 0.5) is 0 Å². The van der Waals surface area contributed by atoms with Gasteiger partial charge < -0.3 is 9.84 Å². The Bertz CT molecular complexity index is 388. The van der Waals surface area contributed by atoms with Crippen molar-refractivity contribution in [2.75, 3.05) is 7.11 Å². The van der Waals surface area contributed by atoms with Gasteiger partial charge in [-0.25, -0.2) is 0 Å². The summed E-state index contributed by atoms with van der Waals surface area (Å²) in [6.07, 6.45) is 5.03. The molecule has 2 nitrogen and oxygen atoms in total. The smallest absolute Gasteiger partial charge is 0.109 e. The highest BCUT2D eigenvalue weighted by atomic mass is 16.5. The molecule has 0 saturated heterocycles. The lowest BCUT2D eigenvalue weighted by molar-refractivity contribution is -0.0726. The van der Waals surface area contributed by atoms with E-state index in [-0.39, 0.29) is 11.5 Å². The molecule has 20 heavy (non-hydrogen) atoms. The van der Waals surface area contributed by atoms with E-state index in [1.54, 1.807) is 7.11 Å². The molecule has 1 aromatic rings. The molecule has 1 rings (SSSR count). The van der Waals surface area contributed by atoms with E-state index in [0.29, 0.717) is 0 Å². The van der Waals surface area contributed by atoms with Gasteiger partial charge in [-0.15, -0.1) is 6.58 Å². The van der Waals surface area contributed by atoms with Crippen LogP contribution in [0.25, 0.3) is 0 Å². The first-order valence-corrected chi connectivity index (χ1v) is 7.54. The lowest BCUT2D eigenvalue weighted by Gasteiger charge is -2.38. The van der Waals surface area contributed by atoms with Crippen molar-refractivity contribution in [3.05, 3.63) is 48.6 Å². The summed E-state index contributed by atoms with van der Waals surface area (Å²) < 4.78 is 5.59. The van der Waals surface area contributed by atoms with Gasteiger partial charge in [0.2, 0.25) is 0 Å². The summed E-state index contributed by atoms with van der Waals surface area (Å²) in [6, 6.07) is 9.92. The van der Waals surface area contributed by atoms with Gasteiger partial charge in [0.05, 0.1) is 6.10 Å². The van der Waals surface area contributed by atoms with Gasteiger partial charge in [-0.3, -0.25) is 0 Å². The van der Waals surface area contributed by atoms with Crippen LogP contribution >= 0.6 is 0 Å². The molecule has 1 aromatic carbocycles. The van der Waals surface area contributed by atoms with E-state index in [9.17, 15) is 5.11 Å². The third-order valence-electron chi connectivity index (χ3n) is 4.32. The predicted molar refractivity (Wildman–Crippen MR) is 84.6 cm³/mol. The number of hydrogen-bond acceptors (Lipinski definition) is 2. The van der Waals surface area contributed by atoms with Gasteiger partial charge in [-0.05, 0) is 18.4 Å². The molecule has 2 heteroatoms. The van der Waals surface area contributed by atoms with Gasteiger partial charge in [0.1, 0.15) is 6.10 Å². The van der Waals surface area contributed by atoms with E-state index in [1.165, 1.54) is 0 Å². The lowest BCUT2D eigenvalue weighted by atomic mass is 9.72. The quantitative estimate of drug-likeness (QED) is 0.673. The maximum absolute atomic E-state index is 10.9. The third-order valence-corrected chi connectivity index (χ3v) is 4.32. The van der Waals surface area contributed by atoms with E-state index >= 15 is 0 Å². The molecule has 0 aliphatic carbocycles. The van der Waals surface area contributed by atoms with E-state index in [1.807, 2.05) is 36.4 Å². The van der Waals surface area contributed by atoms with Crippen LogP contribution in [0.2, 0.25) is 0 Å². The number of unbranched alkanes of at least 4 members (excludes halogenated alkanes) is 1. The molecular weight excluding hydrogens is 248 g/mol. The van der Waals surface area contributed by atoms with Crippen LogP contribution in [0.15, 0.2) is 43.0 Å². The molecule has 0 amide bonds. The molecule has 0 aliphatic rings. The van der Waals surface area contributed by atoms with E-state index in [2.05, 4.69) is 20.4 Å². The highest BCUT2D eigenvalue weighted by Gasteiger charge is 2.38. The normalized spacial score (nSPS) is 17.2.